The van der Waals surface area contributed by atoms with E-state index in [2.05, 4.69) is 31.2 Å². The minimum absolute atomic E-state index is 0.211. The Morgan fingerprint density at radius 3 is 1.17 bits per heavy atom. The molecular formula is C39H61BO12. The average molecular weight is 733 g/mol. The first-order chi connectivity index (χ1) is 24.8. The topological polar surface area (TPSA) is 111 Å². The number of hydrogen-bond acceptors (Lipinski definition) is 12. The summed E-state index contributed by atoms with van der Waals surface area (Å²) in [5, 5.41) is 0. The van der Waals surface area contributed by atoms with Gasteiger partial charge in [-0.3, -0.25) is 0 Å². The molecule has 3 aliphatic heterocycles. The molecular weight excluding hydrogens is 671 g/mol. The second-order valence-electron chi connectivity index (χ2n) is 14.5. The molecule has 0 radical (unpaired) electrons. The maximum atomic E-state index is 6.37. The molecule has 0 spiro atoms. The standard InChI is InChI=1S/C22H35BO7.C17H26O5/c1-21(2)22(3,4)30-23(29-21)15-11-9-14(10-12-15)17-19(26-7)20(27-8)18(25-6)16(28-17)13-24-5;1-11-6-8-12(9-7-11)14-16(20-4)17(21-5)15(19-3)13(22-14)10-18-2/h9-12,16-20H,13H2,1-8H3;6-9,13-17H,10H2,1-5H3. The minimum Gasteiger partial charge on any atom is -0.399 e. The van der Waals surface area contributed by atoms with Crippen LogP contribution in [0.2, 0.25) is 0 Å². The van der Waals surface area contributed by atoms with E-state index >= 15 is 0 Å². The van der Waals surface area contributed by atoms with Crippen LogP contribution in [0.1, 0.15) is 56.6 Å². The summed E-state index contributed by atoms with van der Waals surface area (Å²) in [6.45, 7) is 11.1. The molecule has 0 aliphatic carbocycles. The Balaban J connectivity index is 0.000000244. The van der Waals surface area contributed by atoms with Gasteiger partial charge in [0.1, 0.15) is 61.0 Å². The summed E-state index contributed by atoms with van der Waals surface area (Å²) in [6.07, 6.45) is -2.64. The molecule has 2 aromatic rings. The van der Waals surface area contributed by atoms with E-state index in [-0.39, 0.29) is 72.2 Å². The summed E-state index contributed by atoms with van der Waals surface area (Å²) in [6, 6.07) is 16.4. The molecule has 3 saturated heterocycles. The Labute approximate surface area is 311 Å². The molecule has 10 atom stereocenters. The SMILES string of the molecule is COCC1OC(c2ccc(B3OC(C)(C)C(C)(C)O3)cc2)C(OC)C(OC)C1OC.COCC1OC(c2ccc(C)cc2)C(OC)C(OC)C1OC. The maximum Gasteiger partial charge on any atom is 0.494 e. The largest absolute Gasteiger partial charge is 0.494 e. The molecule has 3 heterocycles. The molecule has 292 valence electrons. The van der Waals surface area contributed by atoms with Gasteiger partial charge in [0.05, 0.1) is 24.4 Å². The molecule has 0 bridgehead atoms. The van der Waals surface area contributed by atoms with Gasteiger partial charge < -0.3 is 56.7 Å². The third-order valence-electron chi connectivity index (χ3n) is 10.8. The Kier molecular flexibility index (Phi) is 15.7. The highest BCUT2D eigenvalue weighted by molar-refractivity contribution is 6.62. The normalized spacial score (nSPS) is 32.7. The summed E-state index contributed by atoms with van der Waals surface area (Å²) in [4.78, 5) is 0. The van der Waals surface area contributed by atoms with E-state index in [0.29, 0.717) is 13.2 Å². The van der Waals surface area contributed by atoms with Crippen molar-refractivity contribution in [2.75, 3.05) is 70.1 Å². The van der Waals surface area contributed by atoms with E-state index < -0.39 is 7.12 Å². The average Bonchev–Trinajstić information content (AvgIpc) is 3.36. The summed E-state index contributed by atoms with van der Waals surface area (Å²) in [5.41, 5.74) is 3.47. The number of benzene rings is 2. The molecule has 10 unspecified atom stereocenters. The van der Waals surface area contributed by atoms with Crippen molar-refractivity contribution in [1.82, 2.24) is 0 Å². The van der Waals surface area contributed by atoms with Gasteiger partial charge >= 0.3 is 7.12 Å². The lowest BCUT2D eigenvalue weighted by Gasteiger charge is -2.45. The van der Waals surface area contributed by atoms with Gasteiger partial charge in [-0.1, -0.05) is 54.1 Å². The zero-order chi connectivity index (χ0) is 38.2. The summed E-state index contributed by atoms with van der Waals surface area (Å²) < 4.78 is 69.7. The van der Waals surface area contributed by atoms with Gasteiger partial charge in [0.25, 0.3) is 0 Å². The van der Waals surface area contributed by atoms with Crippen molar-refractivity contribution in [3.8, 4) is 0 Å². The molecule has 0 N–H and O–H groups in total. The molecule has 13 heteroatoms. The van der Waals surface area contributed by atoms with Crippen LogP contribution < -0.4 is 5.46 Å². The van der Waals surface area contributed by atoms with Gasteiger partial charge in [-0.2, -0.15) is 0 Å². The summed E-state index contributed by atoms with van der Waals surface area (Å²) in [7, 11) is 12.9. The molecule has 2 aromatic carbocycles. The highest BCUT2D eigenvalue weighted by Crippen LogP contribution is 2.39. The van der Waals surface area contributed by atoms with Crippen molar-refractivity contribution in [1.29, 1.82) is 0 Å². The van der Waals surface area contributed by atoms with E-state index in [1.165, 1.54) is 5.56 Å². The lowest BCUT2D eigenvalue weighted by atomic mass is 9.78. The minimum atomic E-state index is -0.402. The molecule has 12 nitrogen and oxygen atoms in total. The Morgan fingerprint density at radius 1 is 0.500 bits per heavy atom. The monoisotopic (exact) mass is 732 g/mol. The van der Waals surface area contributed by atoms with Crippen LogP contribution in [0, 0.1) is 6.92 Å². The lowest BCUT2D eigenvalue weighted by molar-refractivity contribution is -0.252. The van der Waals surface area contributed by atoms with E-state index in [1.807, 2.05) is 52.0 Å². The van der Waals surface area contributed by atoms with Crippen LogP contribution in [-0.4, -0.2) is 137 Å². The van der Waals surface area contributed by atoms with Crippen molar-refractivity contribution in [3.63, 3.8) is 0 Å². The van der Waals surface area contributed by atoms with Crippen molar-refractivity contribution in [3.05, 3.63) is 65.2 Å². The molecule has 3 aliphatic rings. The molecule has 0 saturated carbocycles. The third-order valence-corrected chi connectivity index (χ3v) is 10.8. The van der Waals surface area contributed by atoms with Gasteiger partial charge in [-0.15, -0.1) is 0 Å². The third kappa shape index (κ3) is 9.27. The second kappa shape index (κ2) is 19.1. The summed E-state index contributed by atoms with van der Waals surface area (Å²) in [5.74, 6) is 0. The van der Waals surface area contributed by atoms with Crippen molar-refractivity contribution in [2.45, 2.75) is 107 Å². The molecule has 52 heavy (non-hydrogen) atoms. The van der Waals surface area contributed by atoms with Gasteiger partial charge in [0.2, 0.25) is 0 Å². The van der Waals surface area contributed by atoms with Crippen molar-refractivity contribution in [2.24, 2.45) is 0 Å². The molecule has 3 fully saturated rings. The van der Waals surface area contributed by atoms with E-state index in [4.69, 9.17) is 56.7 Å². The van der Waals surface area contributed by atoms with Crippen LogP contribution in [0.15, 0.2) is 48.5 Å². The predicted molar refractivity (Wildman–Crippen MR) is 197 cm³/mol. The molecule has 0 amide bonds. The van der Waals surface area contributed by atoms with Gasteiger partial charge in [-0.05, 0) is 51.2 Å². The Hall–Kier alpha value is -1.98. The van der Waals surface area contributed by atoms with E-state index in [9.17, 15) is 0 Å². The van der Waals surface area contributed by atoms with Crippen LogP contribution in [0.5, 0.6) is 0 Å². The van der Waals surface area contributed by atoms with Gasteiger partial charge in [0, 0.05) is 56.9 Å². The Bertz CT molecular complexity index is 1330. The fourth-order valence-electron chi connectivity index (χ4n) is 7.16. The van der Waals surface area contributed by atoms with Crippen LogP contribution in [0.4, 0.5) is 0 Å². The first-order valence-corrected chi connectivity index (χ1v) is 17.8. The second-order valence-corrected chi connectivity index (χ2v) is 14.5. The van der Waals surface area contributed by atoms with Crippen molar-refractivity contribution < 1.29 is 56.7 Å². The number of ether oxygens (including phenoxy) is 10. The van der Waals surface area contributed by atoms with Crippen LogP contribution >= 0.6 is 0 Å². The number of methoxy groups -OCH3 is 8. The maximum absolute atomic E-state index is 6.37. The van der Waals surface area contributed by atoms with E-state index in [1.54, 1.807) is 56.9 Å². The Morgan fingerprint density at radius 2 is 0.846 bits per heavy atom. The highest BCUT2D eigenvalue weighted by atomic mass is 16.7. The van der Waals surface area contributed by atoms with E-state index in [0.717, 1.165) is 16.6 Å². The number of aryl methyl sites for hydroxylation is 1. The van der Waals surface area contributed by atoms with Crippen LogP contribution in [0.25, 0.3) is 0 Å². The first-order valence-electron chi connectivity index (χ1n) is 17.8. The fraction of sp³-hybridized carbons (Fsp3) is 0.692. The van der Waals surface area contributed by atoms with Gasteiger partial charge in [0.15, 0.2) is 0 Å². The van der Waals surface area contributed by atoms with Gasteiger partial charge in [-0.25, -0.2) is 0 Å². The predicted octanol–water partition coefficient (Wildman–Crippen LogP) is 4.24. The quantitative estimate of drug-likeness (QED) is 0.275. The van der Waals surface area contributed by atoms with Crippen LogP contribution in [0.3, 0.4) is 0 Å². The number of hydrogen-bond donors (Lipinski definition) is 0. The smallest absolute Gasteiger partial charge is 0.399 e. The first kappa shape index (κ1) is 42.8. The van der Waals surface area contributed by atoms with Crippen LogP contribution in [-0.2, 0) is 56.7 Å². The fourth-order valence-corrected chi connectivity index (χ4v) is 7.16. The zero-order valence-corrected chi connectivity index (χ0v) is 33.3. The molecule has 0 aromatic heterocycles. The number of rotatable bonds is 13. The summed E-state index contributed by atoms with van der Waals surface area (Å²) >= 11 is 0. The highest BCUT2D eigenvalue weighted by Gasteiger charge is 2.52. The van der Waals surface area contributed by atoms with Crippen molar-refractivity contribution >= 4 is 12.6 Å². The lowest BCUT2D eigenvalue weighted by Crippen LogP contribution is -2.57. The molecule has 5 rings (SSSR count). The zero-order valence-electron chi connectivity index (χ0n) is 33.3.